The number of hydrogen-bond donors (Lipinski definition) is 0. The second kappa shape index (κ2) is 6.00. The van der Waals surface area contributed by atoms with Crippen molar-refractivity contribution in [2.45, 2.75) is 6.42 Å². The van der Waals surface area contributed by atoms with Crippen molar-refractivity contribution in [3.8, 4) is 6.07 Å². The van der Waals surface area contributed by atoms with Gasteiger partial charge < -0.3 is 4.90 Å². The molecule has 1 aliphatic rings. The summed E-state index contributed by atoms with van der Waals surface area (Å²) in [4.78, 5) is 6.19. The zero-order chi connectivity index (χ0) is 11.2. The van der Waals surface area contributed by atoms with E-state index >= 15 is 0 Å². The van der Waals surface area contributed by atoms with Crippen LogP contribution in [0.5, 0.6) is 0 Å². The Morgan fingerprint density at radius 3 is 2.62 bits per heavy atom. The normalized spacial score (nSPS) is 18.4. The van der Waals surface area contributed by atoms with E-state index in [4.69, 9.17) is 5.26 Å². The molecule has 3 nitrogen and oxygen atoms in total. The lowest BCUT2D eigenvalue weighted by atomic mass is 10.2. The Labute approximate surface area is 101 Å². The molecule has 4 heteroatoms. The number of nitrogens with zero attached hydrogens (tertiary/aromatic N) is 3. The van der Waals surface area contributed by atoms with Crippen LogP contribution >= 0.6 is 11.3 Å². The predicted molar refractivity (Wildman–Crippen MR) is 66.5 cm³/mol. The second-order valence-corrected chi connectivity index (χ2v) is 5.14. The third-order valence-corrected chi connectivity index (χ3v) is 3.95. The molecule has 0 unspecified atom stereocenters. The van der Waals surface area contributed by atoms with Gasteiger partial charge in [0.25, 0.3) is 0 Å². The van der Waals surface area contributed by atoms with Crippen LogP contribution in [0.2, 0.25) is 0 Å². The van der Waals surface area contributed by atoms with Gasteiger partial charge in [-0.1, -0.05) is 6.07 Å². The number of hydrogen-bond acceptors (Lipinski definition) is 4. The molecule has 1 fully saturated rings. The Hall–Kier alpha value is -0.890. The summed E-state index contributed by atoms with van der Waals surface area (Å²) < 4.78 is 0. The second-order valence-electron chi connectivity index (χ2n) is 4.11. The molecule has 0 bridgehead atoms. The van der Waals surface area contributed by atoms with Gasteiger partial charge in [-0.3, -0.25) is 4.90 Å². The largest absolute Gasteiger partial charge is 0.300 e. The van der Waals surface area contributed by atoms with Gasteiger partial charge in [0.05, 0.1) is 12.6 Å². The van der Waals surface area contributed by atoms with E-state index < -0.39 is 0 Å². The van der Waals surface area contributed by atoms with E-state index in [1.165, 1.54) is 4.88 Å². The highest BCUT2D eigenvalue weighted by atomic mass is 32.1. The summed E-state index contributed by atoms with van der Waals surface area (Å²) in [7, 11) is 0. The van der Waals surface area contributed by atoms with Gasteiger partial charge in [0.15, 0.2) is 0 Å². The van der Waals surface area contributed by atoms with Gasteiger partial charge in [-0.2, -0.15) is 5.26 Å². The summed E-state index contributed by atoms with van der Waals surface area (Å²) in [5, 5.41) is 10.7. The van der Waals surface area contributed by atoms with Crippen molar-refractivity contribution in [3.63, 3.8) is 0 Å². The highest BCUT2D eigenvalue weighted by Crippen LogP contribution is 2.10. The van der Waals surface area contributed by atoms with E-state index in [9.17, 15) is 0 Å². The average molecular weight is 235 g/mol. The maximum atomic E-state index is 8.61. The molecule has 0 radical (unpaired) electrons. The molecule has 0 aliphatic carbocycles. The van der Waals surface area contributed by atoms with Crippen LogP contribution in [0, 0.1) is 11.3 Å². The molecule has 0 saturated carbocycles. The molecular weight excluding hydrogens is 218 g/mol. The van der Waals surface area contributed by atoms with E-state index in [1.807, 2.05) is 11.3 Å². The molecule has 0 atom stereocenters. The SMILES string of the molecule is N#CCN1CCN(CCc2cccs2)CC1. The Morgan fingerprint density at radius 1 is 1.25 bits per heavy atom. The third-order valence-electron chi connectivity index (χ3n) is 3.01. The van der Waals surface area contributed by atoms with Crippen LogP contribution in [0.1, 0.15) is 4.88 Å². The molecule has 0 amide bonds. The zero-order valence-electron chi connectivity index (χ0n) is 9.43. The van der Waals surface area contributed by atoms with Crippen LogP contribution in [-0.2, 0) is 6.42 Å². The first-order chi connectivity index (χ1) is 7.88. The molecule has 16 heavy (non-hydrogen) atoms. The highest BCUT2D eigenvalue weighted by molar-refractivity contribution is 7.09. The summed E-state index contributed by atoms with van der Waals surface area (Å²) >= 11 is 1.84. The van der Waals surface area contributed by atoms with Gasteiger partial charge in [-0.25, -0.2) is 0 Å². The molecule has 2 heterocycles. The van der Waals surface area contributed by atoms with E-state index in [2.05, 4.69) is 33.4 Å². The Morgan fingerprint density at radius 2 is 2.00 bits per heavy atom. The number of thiophene rings is 1. The quantitative estimate of drug-likeness (QED) is 0.740. The van der Waals surface area contributed by atoms with Crippen molar-refractivity contribution in [1.82, 2.24) is 9.80 Å². The maximum absolute atomic E-state index is 8.61. The number of nitriles is 1. The summed E-state index contributed by atoms with van der Waals surface area (Å²) in [6, 6.07) is 6.54. The van der Waals surface area contributed by atoms with Crippen LogP contribution < -0.4 is 0 Å². The summed E-state index contributed by atoms with van der Waals surface area (Å²) in [6.07, 6.45) is 1.16. The van der Waals surface area contributed by atoms with Crippen molar-refractivity contribution in [3.05, 3.63) is 22.4 Å². The van der Waals surface area contributed by atoms with Crippen LogP contribution in [-0.4, -0.2) is 49.1 Å². The number of piperazine rings is 1. The van der Waals surface area contributed by atoms with Crippen molar-refractivity contribution in [2.24, 2.45) is 0 Å². The Bertz CT molecular complexity index is 334. The smallest absolute Gasteiger partial charge is 0.0866 e. The first-order valence-corrected chi connectivity index (χ1v) is 6.60. The Balaban J connectivity index is 1.68. The topological polar surface area (TPSA) is 30.3 Å². The fourth-order valence-corrected chi connectivity index (χ4v) is 2.69. The molecule has 0 aromatic carbocycles. The lowest BCUT2D eigenvalue weighted by Crippen LogP contribution is -2.46. The van der Waals surface area contributed by atoms with Gasteiger partial charge in [0.2, 0.25) is 0 Å². The van der Waals surface area contributed by atoms with Crippen LogP contribution in [0.15, 0.2) is 17.5 Å². The molecule has 0 spiro atoms. The summed E-state index contributed by atoms with van der Waals surface area (Å²) in [5.74, 6) is 0. The minimum absolute atomic E-state index is 0.582. The molecule has 1 saturated heterocycles. The molecule has 1 aromatic heterocycles. The van der Waals surface area contributed by atoms with Gasteiger partial charge in [-0.15, -0.1) is 11.3 Å². The van der Waals surface area contributed by atoms with Gasteiger partial charge >= 0.3 is 0 Å². The Kier molecular flexibility index (Phi) is 4.34. The molecule has 0 N–H and O–H groups in total. The first-order valence-electron chi connectivity index (χ1n) is 5.72. The van der Waals surface area contributed by atoms with E-state index in [0.717, 1.165) is 39.1 Å². The van der Waals surface area contributed by atoms with Crippen LogP contribution in [0.4, 0.5) is 0 Å². The summed E-state index contributed by atoms with van der Waals surface area (Å²) in [5.41, 5.74) is 0. The maximum Gasteiger partial charge on any atom is 0.0866 e. The fraction of sp³-hybridized carbons (Fsp3) is 0.583. The first kappa shape index (κ1) is 11.6. The summed E-state index contributed by atoms with van der Waals surface area (Å²) in [6.45, 7) is 6.02. The van der Waals surface area contributed by atoms with Crippen LogP contribution in [0.3, 0.4) is 0 Å². The number of rotatable bonds is 4. The predicted octanol–water partition coefficient (Wildman–Crippen LogP) is 1.43. The third kappa shape index (κ3) is 3.31. The molecule has 1 aromatic rings. The van der Waals surface area contributed by atoms with Crippen molar-refractivity contribution < 1.29 is 0 Å². The van der Waals surface area contributed by atoms with E-state index in [-0.39, 0.29) is 0 Å². The zero-order valence-corrected chi connectivity index (χ0v) is 10.2. The van der Waals surface area contributed by atoms with Crippen LogP contribution in [0.25, 0.3) is 0 Å². The fourth-order valence-electron chi connectivity index (χ4n) is 1.99. The standard InChI is InChI=1S/C12H17N3S/c13-4-6-15-9-7-14(8-10-15)5-3-12-2-1-11-16-12/h1-2,11H,3,5-10H2. The monoisotopic (exact) mass is 235 g/mol. The van der Waals surface area contributed by atoms with Gasteiger partial charge in [0, 0.05) is 37.6 Å². The van der Waals surface area contributed by atoms with Crippen molar-refractivity contribution in [2.75, 3.05) is 39.3 Å². The average Bonchev–Trinajstić information content (AvgIpc) is 2.82. The minimum Gasteiger partial charge on any atom is -0.300 e. The van der Waals surface area contributed by atoms with Gasteiger partial charge in [0.1, 0.15) is 0 Å². The van der Waals surface area contributed by atoms with Crippen molar-refractivity contribution >= 4 is 11.3 Å². The molecule has 1 aliphatic heterocycles. The molecule has 2 rings (SSSR count). The minimum atomic E-state index is 0.582. The lowest BCUT2D eigenvalue weighted by Gasteiger charge is -2.33. The lowest BCUT2D eigenvalue weighted by molar-refractivity contribution is 0.145. The molecular formula is C12H17N3S. The van der Waals surface area contributed by atoms with Crippen molar-refractivity contribution in [1.29, 1.82) is 5.26 Å². The van der Waals surface area contributed by atoms with Gasteiger partial charge in [-0.05, 0) is 17.9 Å². The van der Waals surface area contributed by atoms with E-state index in [1.54, 1.807) is 0 Å². The highest BCUT2D eigenvalue weighted by Gasteiger charge is 2.15. The van der Waals surface area contributed by atoms with E-state index in [0.29, 0.717) is 6.54 Å². The molecule has 86 valence electrons.